The van der Waals surface area contributed by atoms with E-state index in [1.165, 1.54) is 5.56 Å². The van der Waals surface area contributed by atoms with Crippen LogP contribution < -0.4 is 0 Å². The number of hydrogen-bond acceptors (Lipinski definition) is 1. The molecule has 0 heterocycles. The average Bonchev–Trinajstić information content (AvgIpc) is 2.08. The maximum atomic E-state index is 5.41. The van der Waals surface area contributed by atoms with Crippen molar-refractivity contribution in [2.24, 2.45) is 0 Å². The van der Waals surface area contributed by atoms with Crippen LogP contribution in [0.2, 0.25) is 0 Å². The van der Waals surface area contributed by atoms with Gasteiger partial charge in [0.05, 0.1) is 13.2 Å². The summed E-state index contributed by atoms with van der Waals surface area (Å²) in [5.41, 5.74) is 2.24. The third kappa shape index (κ3) is 4.25. The highest BCUT2D eigenvalue weighted by Crippen LogP contribution is 2.11. The molecule has 0 aliphatic rings. The fraction of sp³-hybridized carbons (Fsp3) is 0.273. The molecule has 0 saturated carbocycles. The molecule has 0 aromatic heterocycles. The van der Waals surface area contributed by atoms with Crippen LogP contribution in [0.4, 0.5) is 0 Å². The quantitative estimate of drug-likeness (QED) is 0.732. The van der Waals surface area contributed by atoms with Gasteiger partial charge in [-0.15, -0.1) is 0 Å². The van der Waals surface area contributed by atoms with Gasteiger partial charge in [-0.25, -0.2) is 0 Å². The van der Waals surface area contributed by atoms with E-state index >= 15 is 0 Å². The molecule has 1 aromatic rings. The Hall–Kier alpha value is -0.600. The first-order valence-electron chi connectivity index (χ1n) is 4.15. The highest BCUT2D eigenvalue weighted by Gasteiger charge is 1.93. The van der Waals surface area contributed by atoms with Gasteiger partial charge >= 0.3 is 0 Å². The first-order chi connectivity index (χ1) is 6.18. The molecule has 1 nitrogen and oxygen atoms in total. The van der Waals surface area contributed by atoms with Crippen molar-refractivity contribution in [2.75, 3.05) is 6.61 Å². The SMILES string of the molecule is C=C(C)COCc1ccc(Br)cc1. The summed E-state index contributed by atoms with van der Waals surface area (Å²) in [6, 6.07) is 8.12. The van der Waals surface area contributed by atoms with Gasteiger partial charge in [-0.05, 0) is 24.6 Å². The Morgan fingerprint density at radius 3 is 2.54 bits per heavy atom. The van der Waals surface area contributed by atoms with Crippen LogP contribution in [0.3, 0.4) is 0 Å². The second kappa shape index (κ2) is 5.20. The third-order valence-corrected chi connectivity index (χ3v) is 2.06. The molecule has 0 radical (unpaired) electrons. The fourth-order valence-corrected chi connectivity index (χ4v) is 1.19. The van der Waals surface area contributed by atoms with Gasteiger partial charge in [-0.2, -0.15) is 0 Å². The van der Waals surface area contributed by atoms with Gasteiger partial charge in [0.1, 0.15) is 0 Å². The summed E-state index contributed by atoms with van der Waals surface area (Å²) in [5, 5.41) is 0. The highest BCUT2D eigenvalue weighted by atomic mass is 79.9. The fourth-order valence-electron chi connectivity index (χ4n) is 0.924. The van der Waals surface area contributed by atoms with E-state index in [-0.39, 0.29) is 0 Å². The first-order valence-corrected chi connectivity index (χ1v) is 4.94. The Morgan fingerprint density at radius 1 is 1.38 bits per heavy atom. The molecule has 0 atom stereocenters. The molecule has 0 bridgehead atoms. The predicted molar refractivity (Wildman–Crippen MR) is 58.6 cm³/mol. The molecule has 0 fully saturated rings. The predicted octanol–water partition coefficient (Wildman–Crippen LogP) is 3.54. The number of benzene rings is 1. The molecule has 0 spiro atoms. The van der Waals surface area contributed by atoms with Gasteiger partial charge < -0.3 is 4.74 Å². The lowest BCUT2D eigenvalue weighted by Crippen LogP contribution is -1.95. The maximum Gasteiger partial charge on any atom is 0.0721 e. The van der Waals surface area contributed by atoms with Crippen LogP contribution in [0.1, 0.15) is 12.5 Å². The Bertz CT molecular complexity index is 277. The van der Waals surface area contributed by atoms with Gasteiger partial charge in [0.25, 0.3) is 0 Å². The largest absolute Gasteiger partial charge is 0.372 e. The zero-order valence-corrected chi connectivity index (χ0v) is 9.30. The van der Waals surface area contributed by atoms with Crippen molar-refractivity contribution in [1.29, 1.82) is 0 Å². The van der Waals surface area contributed by atoms with Crippen LogP contribution >= 0.6 is 15.9 Å². The van der Waals surface area contributed by atoms with E-state index in [0.717, 1.165) is 10.0 Å². The summed E-state index contributed by atoms with van der Waals surface area (Å²) in [5.74, 6) is 0. The molecule has 13 heavy (non-hydrogen) atoms. The van der Waals surface area contributed by atoms with Crippen LogP contribution in [0.25, 0.3) is 0 Å². The molecule has 1 rings (SSSR count). The molecule has 0 saturated heterocycles. The van der Waals surface area contributed by atoms with Gasteiger partial charge in [0.15, 0.2) is 0 Å². The minimum absolute atomic E-state index is 0.635. The molecule has 0 N–H and O–H groups in total. The summed E-state index contributed by atoms with van der Waals surface area (Å²) >= 11 is 3.38. The van der Waals surface area contributed by atoms with Crippen LogP contribution in [0.5, 0.6) is 0 Å². The lowest BCUT2D eigenvalue weighted by atomic mass is 10.2. The van der Waals surface area contributed by atoms with Crippen molar-refractivity contribution in [2.45, 2.75) is 13.5 Å². The molecule has 0 aliphatic carbocycles. The summed E-state index contributed by atoms with van der Waals surface area (Å²) in [4.78, 5) is 0. The Morgan fingerprint density at radius 2 is 2.00 bits per heavy atom. The minimum atomic E-state index is 0.635. The zero-order chi connectivity index (χ0) is 9.68. The maximum absolute atomic E-state index is 5.41. The van der Waals surface area contributed by atoms with E-state index in [2.05, 4.69) is 22.5 Å². The Labute approximate surface area is 87.5 Å². The smallest absolute Gasteiger partial charge is 0.0721 e. The van der Waals surface area contributed by atoms with Crippen molar-refractivity contribution in [3.8, 4) is 0 Å². The summed E-state index contributed by atoms with van der Waals surface area (Å²) in [6.45, 7) is 7.02. The second-order valence-corrected chi connectivity index (χ2v) is 3.99. The van der Waals surface area contributed by atoms with Crippen LogP contribution in [-0.2, 0) is 11.3 Å². The van der Waals surface area contributed by atoms with Crippen molar-refractivity contribution in [1.82, 2.24) is 0 Å². The Balaban J connectivity index is 2.37. The van der Waals surface area contributed by atoms with Crippen LogP contribution in [0.15, 0.2) is 40.9 Å². The van der Waals surface area contributed by atoms with E-state index in [0.29, 0.717) is 13.2 Å². The standard InChI is InChI=1S/C11H13BrO/c1-9(2)7-13-8-10-3-5-11(12)6-4-10/h3-6H,1,7-8H2,2H3. The Kier molecular flexibility index (Phi) is 4.19. The average molecular weight is 241 g/mol. The first kappa shape index (κ1) is 10.5. The lowest BCUT2D eigenvalue weighted by molar-refractivity contribution is 0.143. The number of halogens is 1. The minimum Gasteiger partial charge on any atom is -0.372 e. The lowest BCUT2D eigenvalue weighted by Gasteiger charge is -2.03. The topological polar surface area (TPSA) is 9.23 Å². The van der Waals surface area contributed by atoms with Gasteiger partial charge in [0, 0.05) is 4.47 Å². The molecule has 2 heteroatoms. The molecular weight excluding hydrogens is 228 g/mol. The summed E-state index contributed by atoms with van der Waals surface area (Å²) in [6.07, 6.45) is 0. The van der Waals surface area contributed by atoms with Crippen LogP contribution in [0, 0.1) is 0 Å². The highest BCUT2D eigenvalue weighted by molar-refractivity contribution is 9.10. The molecule has 0 amide bonds. The van der Waals surface area contributed by atoms with Gasteiger partial charge in [0.2, 0.25) is 0 Å². The van der Waals surface area contributed by atoms with Crippen molar-refractivity contribution < 1.29 is 4.74 Å². The van der Waals surface area contributed by atoms with Crippen molar-refractivity contribution >= 4 is 15.9 Å². The summed E-state index contributed by atoms with van der Waals surface area (Å²) < 4.78 is 6.50. The van der Waals surface area contributed by atoms with E-state index in [1.807, 2.05) is 31.2 Å². The van der Waals surface area contributed by atoms with Gasteiger partial charge in [-0.3, -0.25) is 0 Å². The van der Waals surface area contributed by atoms with E-state index < -0.39 is 0 Å². The molecule has 0 unspecified atom stereocenters. The van der Waals surface area contributed by atoms with E-state index in [1.54, 1.807) is 0 Å². The second-order valence-electron chi connectivity index (χ2n) is 3.08. The van der Waals surface area contributed by atoms with Crippen molar-refractivity contribution in [3.05, 3.63) is 46.5 Å². The number of ether oxygens (including phenoxy) is 1. The van der Waals surface area contributed by atoms with E-state index in [4.69, 9.17) is 4.74 Å². The number of hydrogen-bond donors (Lipinski definition) is 0. The third-order valence-electron chi connectivity index (χ3n) is 1.53. The zero-order valence-electron chi connectivity index (χ0n) is 7.72. The molecule has 1 aromatic carbocycles. The number of rotatable bonds is 4. The van der Waals surface area contributed by atoms with Crippen LogP contribution in [-0.4, -0.2) is 6.61 Å². The molecule has 0 aliphatic heterocycles. The van der Waals surface area contributed by atoms with Gasteiger partial charge in [-0.1, -0.05) is 40.2 Å². The molecule has 70 valence electrons. The monoisotopic (exact) mass is 240 g/mol. The normalized spacial score (nSPS) is 10.0. The summed E-state index contributed by atoms with van der Waals surface area (Å²) in [7, 11) is 0. The molecular formula is C11H13BrO. The van der Waals surface area contributed by atoms with Crippen molar-refractivity contribution in [3.63, 3.8) is 0 Å². The van der Waals surface area contributed by atoms with E-state index in [9.17, 15) is 0 Å².